The number of hydrogen-bond donors (Lipinski definition) is 3. The highest BCUT2D eigenvalue weighted by Crippen LogP contribution is 2.52. The molecule has 1 heterocycles. The number of benzene rings is 1. The van der Waals surface area contributed by atoms with Gasteiger partial charge in [-0.15, -0.1) is 0 Å². The maximum absolute atomic E-state index is 12.1. The Morgan fingerprint density at radius 1 is 1.39 bits per heavy atom. The van der Waals surface area contributed by atoms with Gasteiger partial charge >= 0.3 is 6.03 Å². The van der Waals surface area contributed by atoms with Crippen LogP contribution in [-0.2, 0) is 4.74 Å². The molecule has 1 aromatic rings. The van der Waals surface area contributed by atoms with E-state index in [-0.39, 0.29) is 23.6 Å². The first-order valence-corrected chi connectivity index (χ1v) is 8.39. The van der Waals surface area contributed by atoms with Crippen molar-refractivity contribution in [1.29, 1.82) is 0 Å². The molecule has 2 fully saturated rings. The number of carbonyl (C=O) groups excluding carboxylic acids is 1. The zero-order chi connectivity index (χ0) is 16.4. The number of nitrogens with one attached hydrogen (secondary N) is 2. The number of carbonyl (C=O) groups is 1. The lowest BCUT2D eigenvalue weighted by Crippen LogP contribution is -2.67. The molecule has 4 unspecified atom stereocenters. The minimum absolute atomic E-state index is 0.0118. The molecule has 3 rings (SSSR count). The standard InChI is InChI=1S/C18H26N2O3/c1-18(2)15(13-9-11-23-16(13)18)20-17(22)19-10-8-14(21)12-6-4-3-5-7-12/h3-7,13-16,21H,8-11H2,1-2H3,(H2,19,20,22). The van der Waals surface area contributed by atoms with Crippen molar-refractivity contribution in [3.63, 3.8) is 0 Å². The maximum atomic E-state index is 12.1. The Balaban J connectivity index is 1.42. The van der Waals surface area contributed by atoms with Gasteiger partial charge in [0.2, 0.25) is 0 Å². The Kier molecular flexibility index (Phi) is 4.60. The van der Waals surface area contributed by atoms with E-state index in [0.29, 0.717) is 18.9 Å². The zero-order valence-corrected chi connectivity index (χ0v) is 13.8. The van der Waals surface area contributed by atoms with Gasteiger partial charge in [-0.2, -0.15) is 0 Å². The molecule has 1 aromatic carbocycles. The first kappa shape index (κ1) is 16.3. The number of urea groups is 1. The van der Waals surface area contributed by atoms with Gasteiger partial charge in [-0.3, -0.25) is 0 Å². The number of aliphatic hydroxyl groups is 1. The number of rotatable bonds is 5. The van der Waals surface area contributed by atoms with Crippen LogP contribution < -0.4 is 10.6 Å². The predicted molar refractivity (Wildman–Crippen MR) is 88.0 cm³/mol. The fourth-order valence-corrected chi connectivity index (χ4v) is 3.97. The summed E-state index contributed by atoms with van der Waals surface area (Å²) < 4.78 is 5.74. The largest absolute Gasteiger partial charge is 0.388 e. The van der Waals surface area contributed by atoms with Crippen LogP contribution in [0.3, 0.4) is 0 Å². The summed E-state index contributed by atoms with van der Waals surface area (Å²) in [5, 5.41) is 16.0. The second-order valence-electron chi connectivity index (χ2n) is 7.16. The number of fused-ring (bicyclic) bond motifs is 1. The first-order valence-electron chi connectivity index (χ1n) is 8.39. The summed E-state index contributed by atoms with van der Waals surface area (Å²) >= 11 is 0. The SMILES string of the molecule is CC1(C)C(NC(=O)NCCC(O)c2ccccc2)C2CCOC21. The van der Waals surface area contributed by atoms with Crippen LogP contribution in [0.2, 0.25) is 0 Å². The second kappa shape index (κ2) is 6.49. The summed E-state index contributed by atoms with van der Waals surface area (Å²) in [6.07, 6.45) is 1.24. The van der Waals surface area contributed by atoms with Crippen LogP contribution >= 0.6 is 0 Å². The normalized spacial score (nSPS) is 29.3. The van der Waals surface area contributed by atoms with Crippen molar-refractivity contribution >= 4 is 6.03 Å². The summed E-state index contributed by atoms with van der Waals surface area (Å²) in [4.78, 5) is 12.1. The van der Waals surface area contributed by atoms with Crippen molar-refractivity contribution in [2.45, 2.75) is 44.9 Å². The van der Waals surface area contributed by atoms with E-state index in [1.165, 1.54) is 0 Å². The van der Waals surface area contributed by atoms with E-state index < -0.39 is 6.10 Å². The van der Waals surface area contributed by atoms with Crippen molar-refractivity contribution in [3.8, 4) is 0 Å². The molecule has 1 aliphatic heterocycles. The van der Waals surface area contributed by atoms with E-state index in [1.807, 2.05) is 30.3 Å². The molecule has 1 saturated heterocycles. The van der Waals surface area contributed by atoms with Gasteiger partial charge in [0.15, 0.2) is 0 Å². The maximum Gasteiger partial charge on any atom is 0.315 e. The van der Waals surface area contributed by atoms with Gasteiger partial charge in [0.05, 0.1) is 12.2 Å². The monoisotopic (exact) mass is 318 g/mol. The zero-order valence-electron chi connectivity index (χ0n) is 13.8. The van der Waals surface area contributed by atoms with Gasteiger partial charge in [0.1, 0.15) is 0 Å². The molecule has 1 aliphatic carbocycles. The van der Waals surface area contributed by atoms with Crippen molar-refractivity contribution < 1.29 is 14.6 Å². The Hall–Kier alpha value is -1.59. The molecule has 0 aromatic heterocycles. The topological polar surface area (TPSA) is 70.6 Å². The molecule has 3 N–H and O–H groups in total. The number of amides is 2. The average Bonchev–Trinajstić information content (AvgIpc) is 3.00. The summed E-state index contributed by atoms with van der Waals surface area (Å²) in [6.45, 7) is 5.52. The van der Waals surface area contributed by atoms with E-state index in [0.717, 1.165) is 18.6 Å². The summed E-state index contributed by atoms with van der Waals surface area (Å²) in [7, 11) is 0. The number of ether oxygens (including phenoxy) is 1. The lowest BCUT2D eigenvalue weighted by atomic mass is 9.57. The van der Waals surface area contributed by atoms with Crippen LogP contribution in [0.25, 0.3) is 0 Å². The van der Waals surface area contributed by atoms with Crippen LogP contribution in [-0.4, -0.2) is 36.4 Å². The molecule has 1 saturated carbocycles. The van der Waals surface area contributed by atoms with Gasteiger partial charge in [0, 0.05) is 30.5 Å². The van der Waals surface area contributed by atoms with Crippen molar-refractivity contribution in [3.05, 3.63) is 35.9 Å². The highest BCUT2D eigenvalue weighted by atomic mass is 16.5. The molecule has 2 aliphatic rings. The quantitative estimate of drug-likeness (QED) is 0.779. The fraction of sp³-hybridized carbons (Fsp3) is 0.611. The Labute approximate surface area is 137 Å². The average molecular weight is 318 g/mol. The third-order valence-electron chi connectivity index (χ3n) is 5.27. The number of hydrogen-bond acceptors (Lipinski definition) is 3. The van der Waals surface area contributed by atoms with Crippen LogP contribution in [0.1, 0.15) is 38.4 Å². The molecule has 126 valence electrons. The molecular weight excluding hydrogens is 292 g/mol. The Bertz CT molecular complexity index is 546. The number of aliphatic hydroxyl groups excluding tert-OH is 1. The minimum Gasteiger partial charge on any atom is -0.388 e. The van der Waals surface area contributed by atoms with E-state index in [4.69, 9.17) is 4.74 Å². The molecule has 5 nitrogen and oxygen atoms in total. The molecule has 23 heavy (non-hydrogen) atoms. The van der Waals surface area contributed by atoms with Crippen LogP contribution in [0.15, 0.2) is 30.3 Å². The third-order valence-corrected chi connectivity index (χ3v) is 5.27. The molecule has 5 heteroatoms. The summed E-state index contributed by atoms with van der Waals surface area (Å²) in [5.74, 6) is 0.436. The lowest BCUT2D eigenvalue weighted by molar-refractivity contribution is -0.108. The van der Waals surface area contributed by atoms with Crippen molar-refractivity contribution in [2.75, 3.05) is 13.2 Å². The predicted octanol–water partition coefficient (Wildman–Crippen LogP) is 2.22. The molecule has 4 atom stereocenters. The van der Waals surface area contributed by atoms with Gasteiger partial charge in [0.25, 0.3) is 0 Å². The lowest BCUT2D eigenvalue weighted by Gasteiger charge is -2.54. The third kappa shape index (κ3) is 3.21. The fourth-order valence-electron chi connectivity index (χ4n) is 3.97. The van der Waals surface area contributed by atoms with Crippen LogP contribution in [0.4, 0.5) is 4.79 Å². The smallest absolute Gasteiger partial charge is 0.315 e. The Morgan fingerprint density at radius 3 is 2.87 bits per heavy atom. The highest BCUT2D eigenvalue weighted by molar-refractivity contribution is 5.74. The van der Waals surface area contributed by atoms with Crippen LogP contribution in [0, 0.1) is 11.3 Å². The van der Waals surface area contributed by atoms with Gasteiger partial charge in [-0.1, -0.05) is 44.2 Å². The van der Waals surface area contributed by atoms with Crippen molar-refractivity contribution in [1.82, 2.24) is 10.6 Å². The minimum atomic E-state index is -0.552. The van der Waals surface area contributed by atoms with E-state index in [9.17, 15) is 9.90 Å². The van der Waals surface area contributed by atoms with E-state index in [2.05, 4.69) is 24.5 Å². The molecule has 0 bridgehead atoms. The second-order valence-corrected chi connectivity index (χ2v) is 7.16. The van der Waals surface area contributed by atoms with E-state index in [1.54, 1.807) is 0 Å². The molecule has 0 spiro atoms. The summed E-state index contributed by atoms with van der Waals surface area (Å²) in [5.41, 5.74) is 0.864. The van der Waals surface area contributed by atoms with E-state index >= 15 is 0 Å². The van der Waals surface area contributed by atoms with Gasteiger partial charge in [-0.25, -0.2) is 4.79 Å². The summed E-state index contributed by atoms with van der Waals surface area (Å²) in [6, 6.07) is 9.50. The van der Waals surface area contributed by atoms with Crippen LogP contribution in [0.5, 0.6) is 0 Å². The highest BCUT2D eigenvalue weighted by Gasteiger charge is 2.59. The van der Waals surface area contributed by atoms with Gasteiger partial charge in [-0.05, 0) is 18.4 Å². The molecule has 0 radical (unpaired) electrons. The Morgan fingerprint density at radius 2 is 2.13 bits per heavy atom. The van der Waals surface area contributed by atoms with Gasteiger partial charge < -0.3 is 20.5 Å². The molecule has 2 amide bonds. The molecular formula is C18H26N2O3. The first-order chi connectivity index (χ1) is 11.0. The van der Waals surface area contributed by atoms with Crippen molar-refractivity contribution in [2.24, 2.45) is 11.3 Å².